The van der Waals surface area contributed by atoms with E-state index in [1.54, 1.807) is 7.11 Å². The summed E-state index contributed by atoms with van der Waals surface area (Å²) in [6, 6.07) is 27.2. The van der Waals surface area contributed by atoms with Crippen molar-refractivity contribution in [2.24, 2.45) is 5.92 Å². The highest BCUT2D eigenvalue weighted by atomic mass is 16.6. The minimum atomic E-state index is -0.646. The number of nitrogens with zero attached hydrogens (tertiary/aromatic N) is 3. The van der Waals surface area contributed by atoms with Gasteiger partial charge in [0.25, 0.3) is 0 Å². The number of carbonyl (C=O) groups excluding carboxylic acids is 1. The monoisotopic (exact) mass is 593 g/mol. The molecule has 0 unspecified atom stereocenters. The van der Waals surface area contributed by atoms with Crippen molar-refractivity contribution >= 4 is 11.7 Å². The van der Waals surface area contributed by atoms with Crippen molar-refractivity contribution in [1.82, 2.24) is 9.97 Å². The molecule has 1 fully saturated rings. The maximum absolute atomic E-state index is 13.2. The highest BCUT2D eigenvalue weighted by molar-refractivity contribution is 5.91. The number of aromatic nitrogens is 2. The van der Waals surface area contributed by atoms with Crippen molar-refractivity contribution in [2.75, 3.05) is 25.1 Å². The van der Waals surface area contributed by atoms with Crippen LogP contribution in [0.2, 0.25) is 0 Å². The van der Waals surface area contributed by atoms with Gasteiger partial charge >= 0.3 is 5.97 Å². The third-order valence-electron chi connectivity index (χ3n) is 7.82. The van der Waals surface area contributed by atoms with Gasteiger partial charge in [-0.25, -0.2) is 14.8 Å². The van der Waals surface area contributed by atoms with Gasteiger partial charge in [0, 0.05) is 32.3 Å². The van der Waals surface area contributed by atoms with Crippen LogP contribution in [0.3, 0.4) is 0 Å². The van der Waals surface area contributed by atoms with E-state index in [4.69, 9.17) is 24.2 Å². The Morgan fingerprint density at radius 1 is 0.841 bits per heavy atom. The Labute approximate surface area is 261 Å². The van der Waals surface area contributed by atoms with Crippen LogP contribution in [-0.2, 0) is 29.1 Å². The first-order chi connectivity index (χ1) is 21.2. The highest BCUT2D eigenvalue weighted by Gasteiger charge is 2.27. The second-order valence-corrected chi connectivity index (χ2v) is 12.5. The summed E-state index contributed by atoms with van der Waals surface area (Å²) in [5.41, 5.74) is 6.02. The smallest absolute Gasteiger partial charge is 0.361 e. The Bertz CT molecular complexity index is 1520. The molecule has 1 aromatic heterocycles. The molecule has 1 saturated heterocycles. The number of hydrogen-bond acceptors (Lipinski definition) is 7. The maximum atomic E-state index is 13.2. The van der Waals surface area contributed by atoms with Crippen LogP contribution in [0.5, 0.6) is 5.75 Å². The number of ether oxygens (including phenoxy) is 3. The van der Waals surface area contributed by atoms with Crippen molar-refractivity contribution in [2.45, 2.75) is 65.8 Å². The number of benzene rings is 3. The fraction of sp³-hybridized carbons (Fsp3) is 0.378. The van der Waals surface area contributed by atoms with Crippen LogP contribution in [-0.4, -0.2) is 41.7 Å². The van der Waals surface area contributed by atoms with E-state index in [0.717, 1.165) is 31.5 Å². The van der Waals surface area contributed by atoms with Crippen molar-refractivity contribution < 1.29 is 19.0 Å². The molecule has 7 nitrogen and oxygen atoms in total. The molecule has 3 aromatic carbocycles. The van der Waals surface area contributed by atoms with E-state index in [1.165, 1.54) is 22.4 Å². The Balaban J connectivity index is 1.23. The summed E-state index contributed by atoms with van der Waals surface area (Å²) < 4.78 is 17.0. The third-order valence-corrected chi connectivity index (χ3v) is 7.82. The fourth-order valence-corrected chi connectivity index (χ4v) is 5.56. The molecule has 0 saturated carbocycles. The highest BCUT2D eigenvalue weighted by Crippen LogP contribution is 2.30. The summed E-state index contributed by atoms with van der Waals surface area (Å²) in [6.45, 7) is 10.3. The van der Waals surface area contributed by atoms with E-state index in [-0.39, 0.29) is 5.69 Å². The largest absolute Gasteiger partial charge is 0.484 e. The Morgan fingerprint density at radius 2 is 1.45 bits per heavy atom. The Hall–Kier alpha value is -4.23. The number of methoxy groups -OCH3 is 1. The predicted molar refractivity (Wildman–Crippen MR) is 174 cm³/mol. The zero-order chi connectivity index (χ0) is 31.1. The standard InChI is InChI=1S/C37H43N3O4/c1-26-35(43-25-28-9-7-6-8-10-28)34(36(41)44-37(2,3)4)39-33(38-26)23-27-19-21-40(22-20-27)32-17-15-31(16-18-32)30-13-11-29(12-14-30)24-42-5/h6-18,27H,19-25H2,1-5H3. The average Bonchev–Trinajstić information content (AvgIpc) is 3.01. The van der Waals surface area contributed by atoms with E-state index in [9.17, 15) is 4.79 Å². The fourth-order valence-electron chi connectivity index (χ4n) is 5.56. The molecule has 0 N–H and O–H groups in total. The third kappa shape index (κ3) is 8.23. The molecule has 44 heavy (non-hydrogen) atoms. The molecule has 0 aliphatic carbocycles. The zero-order valence-electron chi connectivity index (χ0n) is 26.5. The van der Waals surface area contributed by atoms with E-state index in [2.05, 4.69) is 53.4 Å². The first kappa shape index (κ1) is 31.2. The molecule has 0 spiro atoms. The van der Waals surface area contributed by atoms with Gasteiger partial charge in [0.1, 0.15) is 18.0 Å². The predicted octanol–water partition coefficient (Wildman–Crippen LogP) is 7.59. The minimum absolute atomic E-state index is 0.198. The number of hydrogen-bond donors (Lipinski definition) is 0. The number of piperidine rings is 1. The van der Waals surface area contributed by atoms with Crippen LogP contribution < -0.4 is 9.64 Å². The molecular formula is C37H43N3O4. The van der Waals surface area contributed by atoms with Gasteiger partial charge in [-0.05, 0) is 80.8 Å². The van der Waals surface area contributed by atoms with Gasteiger partial charge < -0.3 is 19.1 Å². The number of rotatable bonds is 10. The van der Waals surface area contributed by atoms with Gasteiger partial charge in [0.2, 0.25) is 0 Å². The van der Waals surface area contributed by atoms with Crippen LogP contribution in [0.25, 0.3) is 11.1 Å². The van der Waals surface area contributed by atoms with Crippen molar-refractivity contribution in [1.29, 1.82) is 0 Å². The van der Waals surface area contributed by atoms with Crippen LogP contribution in [0.15, 0.2) is 78.9 Å². The number of esters is 1. The molecule has 5 rings (SSSR count). The van der Waals surface area contributed by atoms with Crippen molar-refractivity contribution in [3.63, 3.8) is 0 Å². The summed E-state index contributed by atoms with van der Waals surface area (Å²) in [5, 5.41) is 0. The van der Waals surface area contributed by atoms with Crippen molar-refractivity contribution in [3.05, 3.63) is 107 Å². The summed E-state index contributed by atoms with van der Waals surface area (Å²) in [7, 11) is 1.72. The number of carbonyl (C=O) groups is 1. The molecule has 4 aromatic rings. The summed E-state index contributed by atoms with van der Waals surface area (Å²) in [5.74, 6) is 0.986. The van der Waals surface area contributed by atoms with Crippen LogP contribution in [0, 0.1) is 12.8 Å². The quantitative estimate of drug-likeness (QED) is 0.175. The summed E-state index contributed by atoms with van der Waals surface area (Å²) in [6.07, 6.45) is 2.76. The second-order valence-electron chi connectivity index (χ2n) is 12.5. The first-order valence-electron chi connectivity index (χ1n) is 15.4. The minimum Gasteiger partial charge on any atom is -0.484 e. The molecule has 0 amide bonds. The van der Waals surface area contributed by atoms with Crippen LogP contribution >= 0.6 is 0 Å². The zero-order valence-corrected chi connectivity index (χ0v) is 26.5. The van der Waals surface area contributed by atoms with Crippen LogP contribution in [0.4, 0.5) is 5.69 Å². The first-order valence-corrected chi connectivity index (χ1v) is 15.4. The topological polar surface area (TPSA) is 73.8 Å². The molecule has 2 heterocycles. The van der Waals surface area contributed by atoms with E-state index < -0.39 is 11.6 Å². The van der Waals surface area contributed by atoms with E-state index >= 15 is 0 Å². The number of aryl methyl sites for hydroxylation is 1. The van der Waals surface area contributed by atoms with Gasteiger partial charge in [-0.3, -0.25) is 0 Å². The molecule has 0 atom stereocenters. The summed E-state index contributed by atoms with van der Waals surface area (Å²) in [4.78, 5) is 25.2. The molecular weight excluding hydrogens is 550 g/mol. The van der Waals surface area contributed by atoms with Gasteiger partial charge in [0.05, 0.1) is 12.3 Å². The molecule has 1 aliphatic rings. The van der Waals surface area contributed by atoms with Crippen molar-refractivity contribution in [3.8, 4) is 16.9 Å². The SMILES string of the molecule is COCc1ccc(-c2ccc(N3CCC(Cc4nc(C)c(OCc5ccccc5)c(C(=O)OC(C)(C)C)n4)CC3)cc2)cc1. The molecule has 230 valence electrons. The lowest BCUT2D eigenvalue weighted by molar-refractivity contribution is 0.00572. The molecule has 0 radical (unpaired) electrons. The molecule has 7 heteroatoms. The van der Waals surface area contributed by atoms with Crippen LogP contribution in [0.1, 0.15) is 66.7 Å². The van der Waals surface area contributed by atoms with E-state index in [0.29, 0.717) is 42.8 Å². The van der Waals surface area contributed by atoms with Gasteiger partial charge in [-0.2, -0.15) is 0 Å². The molecule has 1 aliphatic heterocycles. The Morgan fingerprint density at radius 3 is 2.07 bits per heavy atom. The second kappa shape index (κ2) is 14.0. The normalized spacial score (nSPS) is 14.0. The lowest BCUT2D eigenvalue weighted by Crippen LogP contribution is -2.34. The van der Waals surface area contributed by atoms with Gasteiger partial charge in [0.15, 0.2) is 11.4 Å². The average molecular weight is 594 g/mol. The lowest BCUT2D eigenvalue weighted by Gasteiger charge is -2.33. The maximum Gasteiger partial charge on any atom is 0.361 e. The Kier molecular flexibility index (Phi) is 9.95. The van der Waals surface area contributed by atoms with Gasteiger partial charge in [-0.1, -0.05) is 66.7 Å². The van der Waals surface area contributed by atoms with E-state index in [1.807, 2.05) is 58.0 Å². The van der Waals surface area contributed by atoms with Gasteiger partial charge in [-0.15, -0.1) is 0 Å². The lowest BCUT2D eigenvalue weighted by atomic mass is 9.92. The molecule has 0 bridgehead atoms. The number of anilines is 1. The summed E-state index contributed by atoms with van der Waals surface area (Å²) >= 11 is 0.